The molecule has 0 N–H and O–H groups in total. The topological polar surface area (TPSA) is 336 Å². The Morgan fingerprint density at radius 1 is 0.273 bits per heavy atom. The Kier molecular flexibility index (Phi) is 47.5. The third-order valence-electron chi connectivity index (χ3n) is 19.0. The van der Waals surface area contributed by atoms with Crippen LogP contribution in [0.4, 0.5) is 79.0 Å². The average Bonchev–Trinajstić information content (AvgIpc) is 1.73. The van der Waals surface area contributed by atoms with Crippen LogP contribution < -0.4 is 30.2 Å². The van der Waals surface area contributed by atoms with E-state index in [1.54, 1.807) is 129 Å². The summed E-state index contributed by atoms with van der Waals surface area (Å²) in [4.78, 5) is 50.1. The number of hydrogen-bond acceptors (Lipinski definition) is 19. The number of aryl methyl sites for hydroxylation is 10. The van der Waals surface area contributed by atoms with Gasteiger partial charge in [-0.25, -0.2) is 0 Å². The van der Waals surface area contributed by atoms with E-state index >= 15 is 0 Å². The maximum absolute atomic E-state index is 12.2. The van der Waals surface area contributed by atoms with Crippen molar-refractivity contribution >= 4 is 0 Å². The number of pyridine rings is 5. The van der Waals surface area contributed by atoms with Crippen molar-refractivity contribution in [3.05, 3.63) is 368 Å². The molecule has 0 saturated carbocycles. The van der Waals surface area contributed by atoms with Gasteiger partial charge in [0.25, 0.3) is 0 Å². The van der Waals surface area contributed by atoms with Gasteiger partial charge >= 0.3 is 37.2 Å². The van der Waals surface area contributed by atoms with E-state index in [0.29, 0.717) is 28.3 Å². The third kappa shape index (κ3) is 37.4. The van der Waals surface area contributed by atoms with Crippen LogP contribution in [0.15, 0.2) is 281 Å². The number of alkyl halides is 18. The van der Waals surface area contributed by atoms with Crippen molar-refractivity contribution in [2.75, 3.05) is 0 Å². The molecule has 15 aromatic heterocycles. The Hall–Kier alpha value is -14.5. The first-order valence-electron chi connectivity index (χ1n) is 42.0. The SMILES string of the molecule is Cc1cc(OC(F)(F)F)c[c-]c1-c1nccn1C.Cc1cc[c-]c(-c2nccn2C)c1.Cc1cc[c-]c(-c2nccn2C)c1.Cc1ccc[c-]c1-c1nccn1C.Cc1ccc[c-]c1-c1nccn1C.FC(F)(F)c1cc(-c2ccccn2)[n-]n1.FC(F)(F)c1cc(-c2ccccn2)[n-]n1.FC(F)(F)c1n[n-]c(-c2ccccn2)n1.FC(F)(F)c1n[n-]c(-c2ccccn2)n1.FC(F)(F)c1n[n-]c(-c2ccccn2)n1.[Ir].[Ir].[Ir].[Ir].[Ir]. The van der Waals surface area contributed by atoms with E-state index in [1.807, 2.05) is 120 Å². The van der Waals surface area contributed by atoms with Crippen LogP contribution in [0.2, 0.25) is 0 Å². The minimum absolute atomic E-state index is 0. The first-order valence-corrected chi connectivity index (χ1v) is 42.0. The van der Waals surface area contributed by atoms with E-state index in [4.69, 9.17) is 0 Å². The van der Waals surface area contributed by atoms with Crippen molar-refractivity contribution in [3.8, 4) is 120 Å². The van der Waals surface area contributed by atoms with Crippen molar-refractivity contribution in [1.29, 1.82) is 0 Å². The molecule has 0 unspecified atom stereocenters. The van der Waals surface area contributed by atoms with Gasteiger partial charge in [-0.2, -0.15) is 65.9 Å². The molecule has 29 nitrogen and oxygen atoms in total. The van der Waals surface area contributed by atoms with E-state index < -0.39 is 66.1 Å². The predicted octanol–water partition coefficient (Wildman–Crippen LogP) is 20.6. The molecule has 795 valence electrons. The maximum Gasteiger partial charge on any atom is 0.564 e. The summed E-state index contributed by atoms with van der Waals surface area (Å²) in [5, 5.41) is 31.7. The normalized spacial score (nSPS) is 10.8. The number of benzene rings is 5. The Morgan fingerprint density at radius 3 is 0.800 bits per heavy atom. The maximum atomic E-state index is 12.2. The quantitative estimate of drug-likeness (QED) is 0.0857. The number of imidazole rings is 5. The number of nitrogens with zero attached hydrogens (tertiary/aromatic N) is 28. The number of halogens is 18. The smallest absolute Gasteiger partial charge is 0.564 e. The summed E-state index contributed by atoms with van der Waals surface area (Å²) in [6, 6.07) is 67.9. The molecule has 0 aliphatic rings. The van der Waals surface area contributed by atoms with Gasteiger partial charge < -0.3 is 78.2 Å². The predicted molar refractivity (Wildman–Crippen MR) is 490 cm³/mol. The standard InChI is InChI=1S/C12H10F3N2O.4C11H11N2.2C9H5F3N3.3C8H4F3N4.5Ir/c1-8-7-9(18-12(13,14)15)3-4-10(8)11-16-5-6-17(11)2;2*1-9-4-3-5-10(8-9)11-12-6-7-13(11)2;2*1-9-5-3-4-6-10(9)11-12-7-8-13(11)2;2*10-9(11,12)8-5-7(14-15-8)6-3-1-2-4-13-6;3*9-8(10,11)7-13-6(14-15-7)5-3-1-2-4-12-5;;;;;/h3,5-7H,1-2H3;2*3-4,6-8H,1-2H3;2*3-5,7-8H,1-2H3;2*1-5H;3*1-4H;;;;;/q10*-1;;;;;. The number of aromatic nitrogens is 28. The van der Waals surface area contributed by atoms with E-state index in [2.05, 4.69) is 203 Å². The van der Waals surface area contributed by atoms with Crippen molar-refractivity contribution in [1.82, 2.24) is 139 Å². The summed E-state index contributed by atoms with van der Waals surface area (Å²) in [6.07, 6.45) is -1.70. The molecular weight excluding hydrogens is 2890 g/mol. The summed E-state index contributed by atoms with van der Waals surface area (Å²) in [5.41, 5.74) is 10.2. The molecule has 5 radical (unpaired) electrons. The van der Waals surface area contributed by atoms with Crippen molar-refractivity contribution < 1.29 is 184 Å². The zero-order valence-electron chi connectivity index (χ0n) is 79.0. The molecule has 52 heteroatoms. The molecule has 0 amide bonds. The second-order valence-electron chi connectivity index (χ2n) is 29.9. The minimum Gasteiger partial charge on any atom is -0.573 e. The molecule has 0 atom stereocenters. The van der Waals surface area contributed by atoms with Gasteiger partial charge in [0.15, 0.2) is 0 Å². The summed E-state index contributed by atoms with van der Waals surface area (Å²) in [7, 11) is 9.75. The zero-order chi connectivity index (χ0) is 105. The van der Waals surface area contributed by atoms with Crippen LogP contribution in [0.3, 0.4) is 0 Å². The number of hydrogen-bond donors (Lipinski definition) is 0. The summed E-state index contributed by atoms with van der Waals surface area (Å²) >= 11 is 0. The van der Waals surface area contributed by atoms with Gasteiger partial charge in [-0.05, 0) is 90.3 Å². The first-order chi connectivity index (χ1) is 68.8. The van der Waals surface area contributed by atoms with Crippen molar-refractivity contribution in [2.24, 2.45) is 35.2 Å². The largest absolute Gasteiger partial charge is 0.573 e. The monoisotopic (exact) mass is 2970 g/mol. The van der Waals surface area contributed by atoms with Gasteiger partial charge in [-0.15, -0.1) is 184 Å². The van der Waals surface area contributed by atoms with Gasteiger partial charge in [0.1, 0.15) is 28.9 Å². The van der Waals surface area contributed by atoms with Gasteiger partial charge in [-0.1, -0.05) is 76.3 Å². The minimum atomic E-state index is -4.69. The van der Waals surface area contributed by atoms with Gasteiger partial charge in [0.05, 0.1) is 46.2 Å². The molecule has 20 rings (SSSR count). The van der Waals surface area contributed by atoms with Crippen LogP contribution in [0.25, 0.3) is 114 Å². The fourth-order valence-electron chi connectivity index (χ4n) is 12.1. The van der Waals surface area contributed by atoms with Crippen LogP contribution in [0, 0.1) is 65.0 Å². The fraction of sp³-hybridized carbons (Fsp3) is 0.163. The average molecular weight is 2960 g/mol. The summed E-state index contributed by atoms with van der Waals surface area (Å²) in [6.45, 7) is 9.96. The molecule has 150 heavy (non-hydrogen) atoms. The van der Waals surface area contributed by atoms with Gasteiger partial charge in [-0.3, -0.25) is 65.1 Å². The molecule has 0 aliphatic carbocycles. The van der Waals surface area contributed by atoms with Crippen LogP contribution in [0.5, 0.6) is 5.75 Å². The Balaban J connectivity index is 0.000000254. The van der Waals surface area contributed by atoms with Crippen LogP contribution in [-0.2, 0) is 167 Å². The molecule has 0 saturated heterocycles. The van der Waals surface area contributed by atoms with Crippen molar-refractivity contribution in [3.63, 3.8) is 0 Å². The Morgan fingerprint density at radius 2 is 0.567 bits per heavy atom. The molecular formula is C98H76F18Ir5N28O-10. The van der Waals surface area contributed by atoms with Gasteiger partial charge in [0, 0.05) is 246 Å². The zero-order valence-corrected chi connectivity index (χ0v) is 90.9. The van der Waals surface area contributed by atoms with Crippen LogP contribution in [0.1, 0.15) is 56.7 Å². The Labute approximate surface area is 911 Å². The van der Waals surface area contributed by atoms with E-state index in [1.165, 1.54) is 77.5 Å². The van der Waals surface area contributed by atoms with Gasteiger partial charge in [0.2, 0.25) is 0 Å². The number of rotatable bonds is 11. The molecule has 0 fully saturated rings. The summed E-state index contributed by atoms with van der Waals surface area (Å²) in [5.74, 6) is 0.121. The second kappa shape index (κ2) is 57.3. The first kappa shape index (κ1) is 124. The summed E-state index contributed by atoms with van der Waals surface area (Å²) < 4.78 is 232. The molecule has 0 bridgehead atoms. The van der Waals surface area contributed by atoms with Crippen LogP contribution in [-0.4, -0.2) is 119 Å². The van der Waals surface area contributed by atoms with Crippen molar-refractivity contribution in [2.45, 2.75) is 71.9 Å². The van der Waals surface area contributed by atoms with E-state index in [0.717, 1.165) is 63.8 Å². The third-order valence-corrected chi connectivity index (χ3v) is 19.0. The number of ether oxygens (including phenoxy) is 1. The van der Waals surface area contributed by atoms with Crippen LogP contribution >= 0.6 is 0 Å². The second-order valence-corrected chi connectivity index (χ2v) is 29.9. The molecule has 0 aliphatic heterocycles. The molecule has 20 aromatic rings. The fourth-order valence-corrected chi connectivity index (χ4v) is 12.1. The van der Waals surface area contributed by atoms with E-state index in [-0.39, 0.29) is 152 Å². The molecule has 0 spiro atoms. The Bertz CT molecular complexity index is 6720. The molecule has 15 heterocycles. The van der Waals surface area contributed by atoms with E-state index in [9.17, 15) is 79.0 Å². The molecule has 5 aromatic carbocycles.